The molecule has 0 saturated heterocycles. The van der Waals surface area contributed by atoms with Crippen LogP contribution in [0.25, 0.3) is 16.9 Å². The van der Waals surface area contributed by atoms with Gasteiger partial charge in [-0.15, -0.1) is 0 Å². The number of carbonyl (C=O) groups is 1. The first-order valence-corrected chi connectivity index (χ1v) is 6.62. The minimum absolute atomic E-state index is 0.00623. The van der Waals surface area contributed by atoms with Crippen LogP contribution in [0.3, 0.4) is 0 Å². The standard InChI is InChI=1S/C14H13N5O3/c1-2-22-14(21)8-7-16-19(11(8)15)12-13(20)18-10-6-4-3-5-9(10)17-12/h3-7H,2,15H2,1H3,(H,18,20). The van der Waals surface area contributed by atoms with Crippen molar-refractivity contribution in [1.82, 2.24) is 19.7 Å². The summed E-state index contributed by atoms with van der Waals surface area (Å²) in [5, 5.41) is 3.97. The lowest BCUT2D eigenvalue weighted by atomic mass is 10.3. The number of nitrogens with one attached hydrogen (secondary N) is 1. The SMILES string of the molecule is CCOC(=O)c1cnn(-c2nc3ccccc3[nH]c2=O)c1N. The van der Waals surface area contributed by atoms with Crippen molar-refractivity contribution in [3.05, 3.63) is 46.4 Å². The average molecular weight is 299 g/mol. The number of aromatic amines is 1. The molecular formula is C14H13N5O3. The topological polar surface area (TPSA) is 116 Å². The van der Waals surface area contributed by atoms with E-state index in [1.165, 1.54) is 6.20 Å². The summed E-state index contributed by atoms with van der Waals surface area (Å²) in [6.07, 6.45) is 1.25. The van der Waals surface area contributed by atoms with Gasteiger partial charge in [-0.2, -0.15) is 9.78 Å². The summed E-state index contributed by atoms with van der Waals surface area (Å²) < 4.78 is 6.00. The number of hydrogen-bond acceptors (Lipinski definition) is 6. The predicted octanol–water partition coefficient (Wildman–Crippen LogP) is 0.868. The molecule has 8 nitrogen and oxygen atoms in total. The van der Waals surface area contributed by atoms with Gasteiger partial charge in [-0.05, 0) is 19.1 Å². The molecule has 0 bridgehead atoms. The van der Waals surface area contributed by atoms with Crippen LogP contribution in [0.4, 0.5) is 5.82 Å². The van der Waals surface area contributed by atoms with Gasteiger partial charge in [0.25, 0.3) is 5.56 Å². The van der Waals surface area contributed by atoms with Crippen molar-refractivity contribution in [3.8, 4) is 5.82 Å². The number of nitrogens with zero attached hydrogens (tertiary/aromatic N) is 3. The van der Waals surface area contributed by atoms with E-state index in [2.05, 4.69) is 15.1 Å². The van der Waals surface area contributed by atoms with Crippen LogP contribution in [0.15, 0.2) is 35.3 Å². The van der Waals surface area contributed by atoms with Crippen molar-refractivity contribution in [2.24, 2.45) is 0 Å². The van der Waals surface area contributed by atoms with Crippen LogP contribution < -0.4 is 11.3 Å². The summed E-state index contributed by atoms with van der Waals surface area (Å²) in [4.78, 5) is 30.8. The summed E-state index contributed by atoms with van der Waals surface area (Å²) in [5.41, 5.74) is 6.72. The highest BCUT2D eigenvalue weighted by molar-refractivity contribution is 5.94. The molecule has 0 atom stereocenters. The number of H-pyrrole nitrogens is 1. The van der Waals surface area contributed by atoms with Crippen LogP contribution in [-0.2, 0) is 4.74 Å². The smallest absolute Gasteiger partial charge is 0.343 e. The van der Waals surface area contributed by atoms with Gasteiger partial charge in [0.05, 0.1) is 23.8 Å². The van der Waals surface area contributed by atoms with E-state index in [1.54, 1.807) is 31.2 Å². The number of fused-ring (bicyclic) bond motifs is 1. The van der Waals surface area contributed by atoms with Crippen LogP contribution >= 0.6 is 0 Å². The lowest BCUT2D eigenvalue weighted by Crippen LogP contribution is -2.19. The van der Waals surface area contributed by atoms with Gasteiger partial charge in [-0.3, -0.25) is 4.79 Å². The molecule has 0 saturated carbocycles. The van der Waals surface area contributed by atoms with E-state index in [0.717, 1.165) is 4.68 Å². The third-order valence-corrected chi connectivity index (χ3v) is 3.08. The number of nitrogens with two attached hydrogens (primary N) is 1. The number of rotatable bonds is 3. The molecule has 112 valence electrons. The number of nitrogen functional groups attached to an aromatic ring is 1. The molecule has 0 fully saturated rings. The first-order valence-electron chi connectivity index (χ1n) is 6.62. The molecule has 8 heteroatoms. The molecule has 0 unspecified atom stereocenters. The highest BCUT2D eigenvalue weighted by atomic mass is 16.5. The van der Waals surface area contributed by atoms with Crippen LogP contribution in [0.5, 0.6) is 0 Å². The first-order chi connectivity index (χ1) is 10.6. The van der Waals surface area contributed by atoms with Gasteiger partial charge in [0, 0.05) is 0 Å². The van der Waals surface area contributed by atoms with Crippen molar-refractivity contribution < 1.29 is 9.53 Å². The number of esters is 1. The second-order valence-corrected chi connectivity index (χ2v) is 4.48. The highest BCUT2D eigenvalue weighted by Crippen LogP contribution is 2.16. The molecule has 0 spiro atoms. The molecule has 22 heavy (non-hydrogen) atoms. The van der Waals surface area contributed by atoms with E-state index < -0.39 is 11.5 Å². The number of ether oxygens (including phenoxy) is 1. The van der Waals surface area contributed by atoms with E-state index in [9.17, 15) is 9.59 Å². The third kappa shape index (κ3) is 2.20. The summed E-state index contributed by atoms with van der Waals surface area (Å²) in [5.74, 6) is -0.595. The van der Waals surface area contributed by atoms with Gasteiger partial charge in [0.1, 0.15) is 11.4 Å². The maximum Gasteiger partial charge on any atom is 0.343 e. The summed E-state index contributed by atoms with van der Waals surface area (Å²) >= 11 is 0. The minimum Gasteiger partial charge on any atom is -0.462 e. The molecule has 2 heterocycles. The van der Waals surface area contributed by atoms with E-state index in [-0.39, 0.29) is 23.8 Å². The molecule has 0 aliphatic rings. The van der Waals surface area contributed by atoms with Crippen molar-refractivity contribution in [2.45, 2.75) is 6.92 Å². The Morgan fingerprint density at radius 3 is 2.95 bits per heavy atom. The Kier molecular flexibility index (Phi) is 3.34. The largest absolute Gasteiger partial charge is 0.462 e. The fourth-order valence-corrected chi connectivity index (χ4v) is 2.06. The third-order valence-electron chi connectivity index (χ3n) is 3.08. The maximum atomic E-state index is 12.1. The Bertz CT molecular complexity index is 912. The zero-order chi connectivity index (χ0) is 15.7. The molecule has 3 aromatic rings. The number of anilines is 1. The Balaban J connectivity index is 2.14. The van der Waals surface area contributed by atoms with Crippen LogP contribution in [0.2, 0.25) is 0 Å². The van der Waals surface area contributed by atoms with E-state index in [4.69, 9.17) is 10.5 Å². The van der Waals surface area contributed by atoms with E-state index >= 15 is 0 Å². The summed E-state index contributed by atoms with van der Waals surface area (Å²) in [6, 6.07) is 7.08. The van der Waals surface area contributed by atoms with E-state index in [0.29, 0.717) is 11.0 Å². The minimum atomic E-state index is -0.594. The van der Waals surface area contributed by atoms with Gasteiger partial charge in [-0.1, -0.05) is 12.1 Å². The van der Waals surface area contributed by atoms with Gasteiger partial charge in [0.15, 0.2) is 0 Å². The number of para-hydroxylation sites is 2. The van der Waals surface area contributed by atoms with Crippen molar-refractivity contribution in [3.63, 3.8) is 0 Å². The first kappa shape index (κ1) is 13.8. The van der Waals surface area contributed by atoms with Gasteiger partial charge in [-0.25, -0.2) is 9.78 Å². The number of hydrogen-bond donors (Lipinski definition) is 2. The van der Waals surface area contributed by atoms with Crippen LogP contribution in [0, 0.1) is 0 Å². The highest BCUT2D eigenvalue weighted by Gasteiger charge is 2.19. The molecule has 2 aromatic heterocycles. The zero-order valence-electron chi connectivity index (χ0n) is 11.7. The fourth-order valence-electron chi connectivity index (χ4n) is 2.06. The number of benzene rings is 1. The molecular weight excluding hydrogens is 286 g/mol. The Labute approximate surface area is 124 Å². The Hall–Kier alpha value is -3.16. The molecule has 3 N–H and O–H groups in total. The normalized spacial score (nSPS) is 10.8. The number of aromatic nitrogens is 4. The van der Waals surface area contributed by atoms with E-state index in [1.807, 2.05) is 0 Å². The quantitative estimate of drug-likeness (QED) is 0.693. The maximum absolute atomic E-state index is 12.1. The lowest BCUT2D eigenvalue weighted by molar-refractivity contribution is 0.0527. The molecule has 1 aromatic carbocycles. The van der Waals surface area contributed by atoms with Crippen molar-refractivity contribution in [2.75, 3.05) is 12.3 Å². The fraction of sp³-hybridized carbons (Fsp3) is 0.143. The van der Waals surface area contributed by atoms with Crippen molar-refractivity contribution >= 4 is 22.8 Å². The number of carbonyl (C=O) groups excluding carboxylic acids is 1. The monoisotopic (exact) mass is 299 g/mol. The zero-order valence-corrected chi connectivity index (χ0v) is 11.7. The summed E-state index contributed by atoms with van der Waals surface area (Å²) in [6.45, 7) is 1.91. The van der Waals surface area contributed by atoms with Crippen LogP contribution in [-0.4, -0.2) is 32.3 Å². The van der Waals surface area contributed by atoms with Gasteiger partial charge >= 0.3 is 5.97 Å². The Morgan fingerprint density at radius 1 is 1.41 bits per heavy atom. The molecule has 0 aliphatic carbocycles. The van der Waals surface area contributed by atoms with Gasteiger partial charge < -0.3 is 15.5 Å². The second-order valence-electron chi connectivity index (χ2n) is 4.48. The Morgan fingerprint density at radius 2 is 2.18 bits per heavy atom. The average Bonchev–Trinajstić information content (AvgIpc) is 2.88. The van der Waals surface area contributed by atoms with Crippen molar-refractivity contribution in [1.29, 1.82) is 0 Å². The molecule has 3 rings (SSSR count). The summed E-state index contributed by atoms with van der Waals surface area (Å²) in [7, 11) is 0. The lowest BCUT2D eigenvalue weighted by Gasteiger charge is -2.05. The molecule has 0 aliphatic heterocycles. The molecule has 0 amide bonds. The predicted molar refractivity (Wildman–Crippen MR) is 79.9 cm³/mol. The molecule has 0 radical (unpaired) electrons. The second kappa shape index (κ2) is 5.32. The van der Waals surface area contributed by atoms with Gasteiger partial charge in [0.2, 0.25) is 5.82 Å². The van der Waals surface area contributed by atoms with Crippen LogP contribution in [0.1, 0.15) is 17.3 Å².